The number of likely N-dealkylation sites (tertiary alicyclic amines) is 1. The largest absolute Gasteiger partial charge is 0.369 e. The van der Waals surface area contributed by atoms with Gasteiger partial charge < -0.3 is 11.1 Å². The van der Waals surface area contributed by atoms with Crippen LogP contribution < -0.4 is 11.1 Å². The number of piperidine rings is 1. The van der Waals surface area contributed by atoms with E-state index in [-0.39, 0.29) is 30.2 Å². The number of hydrogen-bond donors (Lipinski definition) is 2. The lowest BCUT2D eigenvalue weighted by Crippen LogP contribution is -2.46. The first-order chi connectivity index (χ1) is 15.4. The van der Waals surface area contributed by atoms with E-state index in [0.29, 0.717) is 30.0 Å². The third kappa shape index (κ3) is 5.03. The van der Waals surface area contributed by atoms with Crippen molar-refractivity contribution in [3.63, 3.8) is 0 Å². The molecule has 2 amide bonds. The van der Waals surface area contributed by atoms with Gasteiger partial charge in [0.15, 0.2) is 0 Å². The van der Waals surface area contributed by atoms with Crippen LogP contribution in [0, 0.1) is 12.7 Å². The molecule has 0 aliphatic carbocycles. The standard InChI is InChI=1S/C24H26FN5O2/c1-16-3-2-4-17(13-16)23-21(14-30(28-23)20-7-5-18(25)6-8-20)24(32)27-19-9-11-29(12-10-19)15-22(26)31/h2-8,13-14,19H,9-12,15H2,1H3,(H2,26,31)(H,27,32). The number of carbonyl (C=O) groups excluding carboxylic acids is 2. The number of nitrogens with two attached hydrogens (primary N) is 1. The Bertz CT molecular complexity index is 1120. The number of benzene rings is 2. The third-order valence-electron chi connectivity index (χ3n) is 5.64. The van der Waals surface area contributed by atoms with Crippen LogP contribution >= 0.6 is 0 Å². The molecule has 0 unspecified atom stereocenters. The van der Waals surface area contributed by atoms with Crippen LogP contribution in [0.1, 0.15) is 28.8 Å². The number of carbonyl (C=O) groups is 2. The summed E-state index contributed by atoms with van der Waals surface area (Å²) < 4.78 is 15.0. The van der Waals surface area contributed by atoms with Gasteiger partial charge >= 0.3 is 0 Å². The summed E-state index contributed by atoms with van der Waals surface area (Å²) in [5, 5.41) is 7.77. The Morgan fingerprint density at radius 2 is 1.88 bits per heavy atom. The summed E-state index contributed by atoms with van der Waals surface area (Å²) >= 11 is 0. The number of aromatic nitrogens is 2. The molecule has 1 saturated heterocycles. The van der Waals surface area contributed by atoms with Crippen LogP contribution in [-0.2, 0) is 4.79 Å². The van der Waals surface area contributed by atoms with Crippen molar-refractivity contribution < 1.29 is 14.0 Å². The molecule has 1 fully saturated rings. The normalized spacial score (nSPS) is 14.9. The Kier molecular flexibility index (Phi) is 6.32. The Hall–Kier alpha value is -3.52. The average Bonchev–Trinajstić information content (AvgIpc) is 3.21. The Morgan fingerprint density at radius 3 is 2.53 bits per heavy atom. The maximum absolute atomic E-state index is 13.4. The summed E-state index contributed by atoms with van der Waals surface area (Å²) in [6.07, 6.45) is 3.16. The van der Waals surface area contributed by atoms with Crippen molar-refractivity contribution in [3.05, 3.63) is 71.7 Å². The average molecular weight is 436 g/mol. The number of nitrogens with zero attached hydrogens (tertiary/aromatic N) is 3. The van der Waals surface area contributed by atoms with E-state index < -0.39 is 0 Å². The van der Waals surface area contributed by atoms with Gasteiger partial charge in [0.25, 0.3) is 5.91 Å². The molecule has 7 nitrogen and oxygen atoms in total. The van der Waals surface area contributed by atoms with Crippen molar-refractivity contribution in [2.24, 2.45) is 5.73 Å². The van der Waals surface area contributed by atoms with Crippen molar-refractivity contribution >= 4 is 11.8 Å². The van der Waals surface area contributed by atoms with Gasteiger partial charge in [0.05, 0.1) is 17.8 Å². The van der Waals surface area contributed by atoms with Gasteiger partial charge in [0.2, 0.25) is 5.91 Å². The predicted octanol–water partition coefficient (Wildman–Crippen LogP) is 2.67. The molecule has 0 saturated carbocycles. The highest BCUT2D eigenvalue weighted by Crippen LogP contribution is 2.25. The van der Waals surface area contributed by atoms with E-state index in [4.69, 9.17) is 5.73 Å². The lowest BCUT2D eigenvalue weighted by molar-refractivity contribution is -0.119. The maximum Gasteiger partial charge on any atom is 0.255 e. The first kappa shape index (κ1) is 21.7. The molecule has 32 heavy (non-hydrogen) atoms. The molecule has 2 heterocycles. The summed E-state index contributed by atoms with van der Waals surface area (Å²) in [4.78, 5) is 26.4. The minimum atomic E-state index is -0.344. The molecule has 3 N–H and O–H groups in total. The Morgan fingerprint density at radius 1 is 1.16 bits per heavy atom. The van der Waals surface area contributed by atoms with E-state index in [2.05, 4.69) is 10.4 Å². The molecular weight excluding hydrogens is 409 g/mol. The summed E-state index contributed by atoms with van der Waals surface area (Å²) in [6.45, 7) is 3.63. The lowest BCUT2D eigenvalue weighted by atomic mass is 10.0. The number of rotatable bonds is 6. The van der Waals surface area contributed by atoms with E-state index in [1.807, 2.05) is 36.1 Å². The minimum Gasteiger partial charge on any atom is -0.369 e. The number of halogens is 1. The van der Waals surface area contributed by atoms with E-state index >= 15 is 0 Å². The second kappa shape index (κ2) is 9.32. The molecule has 4 rings (SSSR count). The van der Waals surface area contributed by atoms with Gasteiger partial charge in [-0.15, -0.1) is 0 Å². The Labute approximate surface area is 186 Å². The van der Waals surface area contributed by atoms with Crippen LogP contribution in [0.3, 0.4) is 0 Å². The van der Waals surface area contributed by atoms with Crippen molar-refractivity contribution in [2.75, 3.05) is 19.6 Å². The van der Waals surface area contributed by atoms with Crippen molar-refractivity contribution in [1.82, 2.24) is 20.0 Å². The molecule has 1 aliphatic rings. The highest BCUT2D eigenvalue weighted by atomic mass is 19.1. The lowest BCUT2D eigenvalue weighted by Gasteiger charge is -2.31. The van der Waals surface area contributed by atoms with Crippen LogP contribution in [0.25, 0.3) is 16.9 Å². The molecule has 0 radical (unpaired) electrons. The number of amides is 2. The highest BCUT2D eigenvalue weighted by Gasteiger charge is 2.25. The van der Waals surface area contributed by atoms with Gasteiger partial charge in [-0.1, -0.05) is 23.8 Å². The summed E-state index contributed by atoms with van der Waals surface area (Å²) in [7, 11) is 0. The first-order valence-corrected chi connectivity index (χ1v) is 10.6. The van der Waals surface area contributed by atoms with Gasteiger partial charge in [0.1, 0.15) is 11.5 Å². The third-order valence-corrected chi connectivity index (χ3v) is 5.64. The van der Waals surface area contributed by atoms with Gasteiger partial charge in [-0.25, -0.2) is 9.07 Å². The van der Waals surface area contributed by atoms with Crippen molar-refractivity contribution in [1.29, 1.82) is 0 Å². The molecule has 0 spiro atoms. The van der Waals surface area contributed by atoms with Gasteiger partial charge in [-0.3, -0.25) is 14.5 Å². The number of aryl methyl sites for hydroxylation is 1. The van der Waals surface area contributed by atoms with E-state index in [1.54, 1.807) is 23.0 Å². The molecule has 0 atom stereocenters. The number of nitrogens with one attached hydrogen (secondary N) is 1. The smallest absolute Gasteiger partial charge is 0.255 e. The fraction of sp³-hybridized carbons (Fsp3) is 0.292. The SMILES string of the molecule is Cc1cccc(-c2nn(-c3ccc(F)cc3)cc2C(=O)NC2CCN(CC(N)=O)CC2)c1. The molecular formula is C24H26FN5O2. The molecule has 8 heteroatoms. The fourth-order valence-electron chi connectivity index (χ4n) is 3.99. The van der Waals surface area contributed by atoms with E-state index in [0.717, 1.165) is 24.0 Å². The summed E-state index contributed by atoms with van der Waals surface area (Å²) in [5.41, 5.74) is 8.87. The zero-order valence-electron chi connectivity index (χ0n) is 17.9. The van der Waals surface area contributed by atoms with Crippen molar-refractivity contribution in [3.8, 4) is 16.9 Å². The van der Waals surface area contributed by atoms with Crippen LogP contribution in [-0.4, -0.2) is 52.2 Å². The second-order valence-corrected chi connectivity index (χ2v) is 8.17. The quantitative estimate of drug-likeness (QED) is 0.623. The van der Waals surface area contributed by atoms with Crippen LogP contribution in [0.5, 0.6) is 0 Å². The topological polar surface area (TPSA) is 93.2 Å². The molecule has 166 valence electrons. The monoisotopic (exact) mass is 435 g/mol. The number of hydrogen-bond acceptors (Lipinski definition) is 4. The van der Waals surface area contributed by atoms with Crippen LogP contribution in [0.2, 0.25) is 0 Å². The van der Waals surface area contributed by atoms with Gasteiger partial charge in [0, 0.05) is 30.9 Å². The summed E-state index contributed by atoms with van der Waals surface area (Å²) in [6, 6.07) is 13.8. The second-order valence-electron chi connectivity index (χ2n) is 8.17. The Balaban J connectivity index is 1.58. The highest BCUT2D eigenvalue weighted by molar-refractivity contribution is 6.00. The molecule has 1 aliphatic heterocycles. The molecule has 3 aromatic rings. The van der Waals surface area contributed by atoms with Gasteiger partial charge in [-0.05, 0) is 50.1 Å². The molecule has 1 aromatic heterocycles. The zero-order valence-corrected chi connectivity index (χ0v) is 17.9. The zero-order chi connectivity index (χ0) is 22.7. The van der Waals surface area contributed by atoms with Crippen LogP contribution in [0.4, 0.5) is 4.39 Å². The summed E-state index contributed by atoms with van der Waals surface area (Å²) in [5.74, 6) is -0.882. The first-order valence-electron chi connectivity index (χ1n) is 10.6. The van der Waals surface area contributed by atoms with Crippen LogP contribution in [0.15, 0.2) is 54.7 Å². The number of primary amides is 1. The minimum absolute atomic E-state index is 0.00570. The van der Waals surface area contributed by atoms with E-state index in [1.165, 1.54) is 12.1 Å². The van der Waals surface area contributed by atoms with Crippen molar-refractivity contribution in [2.45, 2.75) is 25.8 Å². The molecule has 0 bridgehead atoms. The molecule has 2 aromatic carbocycles. The maximum atomic E-state index is 13.4. The fourth-order valence-corrected chi connectivity index (χ4v) is 3.99. The van der Waals surface area contributed by atoms with Gasteiger partial charge in [-0.2, -0.15) is 5.10 Å². The van der Waals surface area contributed by atoms with E-state index in [9.17, 15) is 14.0 Å². The predicted molar refractivity (Wildman–Crippen MR) is 120 cm³/mol.